The van der Waals surface area contributed by atoms with E-state index in [4.69, 9.17) is 10.5 Å². The fraction of sp³-hybridized carbons (Fsp3) is 0.455. The van der Waals surface area contributed by atoms with Gasteiger partial charge in [-0.15, -0.1) is 11.3 Å². The summed E-state index contributed by atoms with van der Waals surface area (Å²) in [5, 5.41) is 4.91. The summed E-state index contributed by atoms with van der Waals surface area (Å²) in [4.78, 5) is 30.7. The van der Waals surface area contributed by atoms with Crippen molar-refractivity contribution in [1.82, 2.24) is 15.1 Å². The molecule has 2 aromatic rings. The second-order valence-electron chi connectivity index (χ2n) is 7.43. The van der Waals surface area contributed by atoms with E-state index < -0.39 is 6.04 Å². The number of rotatable bonds is 10. The molecule has 162 valence electrons. The minimum absolute atomic E-state index is 0.0308. The molecule has 2 atom stereocenters. The SMILES string of the molecule is COCC(=O)N1CC(N(Cc2ccccc2)Cc2cccs2)CC1C(=O)NCCN. The number of nitrogens with two attached hydrogens (primary N) is 1. The fourth-order valence-corrected chi connectivity index (χ4v) is 4.59. The van der Waals surface area contributed by atoms with Crippen LogP contribution in [-0.4, -0.2) is 67.0 Å². The Balaban J connectivity index is 1.80. The van der Waals surface area contributed by atoms with Crippen LogP contribution in [0.15, 0.2) is 47.8 Å². The van der Waals surface area contributed by atoms with Crippen LogP contribution in [0.5, 0.6) is 0 Å². The number of methoxy groups -OCH3 is 1. The number of nitrogens with zero attached hydrogens (tertiary/aromatic N) is 2. The Morgan fingerprint density at radius 1 is 1.23 bits per heavy atom. The van der Waals surface area contributed by atoms with Gasteiger partial charge in [-0.1, -0.05) is 36.4 Å². The number of hydrogen-bond donors (Lipinski definition) is 2. The molecule has 1 aromatic heterocycles. The van der Waals surface area contributed by atoms with E-state index in [9.17, 15) is 9.59 Å². The molecule has 1 aromatic carbocycles. The lowest BCUT2D eigenvalue weighted by Crippen LogP contribution is -2.48. The van der Waals surface area contributed by atoms with E-state index >= 15 is 0 Å². The van der Waals surface area contributed by atoms with Gasteiger partial charge in [-0.05, 0) is 23.4 Å². The Bertz CT molecular complexity index is 800. The number of amides is 2. The molecule has 3 rings (SSSR count). The van der Waals surface area contributed by atoms with Crippen LogP contribution in [0.3, 0.4) is 0 Å². The quantitative estimate of drug-likeness (QED) is 0.596. The molecule has 30 heavy (non-hydrogen) atoms. The van der Waals surface area contributed by atoms with Crippen LogP contribution in [0.2, 0.25) is 0 Å². The Labute approximate surface area is 181 Å². The zero-order chi connectivity index (χ0) is 21.3. The van der Waals surface area contributed by atoms with Gasteiger partial charge in [0.2, 0.25) is 11.8 Å². The molecule has 1 fully saturated rings. The zero-order valence-electron chi connectivity index (χ0n) is 17.3. The van der Waals surface area contributed by atoms with Gasteiger partial charge in [0.1, 0.15) is 12.6 Å². The summed E-state index contributed by atoms with van der Waals surface area (Å²) in [6, 6.07) is 14.0. The Morgan fingerprint density at radius 2 is 2.03 bits per heavy atom. The van der Waals surface area contributed by atoms with E-state index in [1.165, 1.54) is 17.6 Å². The molecular weight excluding hydrogens is 400 g/mol. The molecular formula is C22H30N4O3S. The molecule has 0 aliphatic carbocycles. The fourth-order valence-electron chi connectivity index (χ4n) is 3.86. The molecule has 1 aliphatic heterocycles. The summed E-state index contributed by atoms with van der Waals surface area (Å²) in [6.07, 6.45) is 0.587. The summed E-state index contributed by atoms with van der Waals surface area (Å²) >= 11 is 1.72. The number of thiophene rings is 1. The van der Waals surface area contributed by atoms with E-state index in [0.717, 1.165) is 13.1 Å². The minimum atomic E-state index is -0.509. The van der Waals surface area contributed by atoms with Gasteiger partial charge >= 0.3 is 0 Å². The zero-order valence-corrected chi connectivity index (χ0v) is 18.1. The highest BCUT2D eigenvalue weighted by Gasteiger charge is 2.41. The van der Waals surface area contributed by atoms with Crippen LogP contribution >= 0.6 is 11.3 Å². The highest BCUT2D eigenvalue weighted by atomic mass is 32.1. The van der Waals surface area contributed by atoms with Crippen molar-refractivity contribution in [2.45, 2.75) is 31.6 Å². The average Bonchev–Trinajstić information content (AvgIpc) is 3.42. The number of benzene rings is 1. The van der Waals surface area contributed by atoms with E-state index in [-0.39, 0.29) is 24.5 Å². The molecule has 0 radical (unpaired) electrons. The Kier molecular flexibility index (Phi) is 8.39. The molecule has 0 saturated carbocycles. The van der Waals surface area contributed by atoms with Gasteiger partial charge < -0.3 is 20.7 Å². The number of nitrogens with one attached hydrogen (secondary N) is 1. The molecule has 2 unspecified atom stereocenters. The molecule has 7 nitrogen and oxygen atoms in total. The van der Waals surface area contributed by atoms with Crippen molar-refractivity contribution in [3.05, 3.63) is 58.3 Å². The lowest BCUT2D eigenvalue weighted by atomic mass is 10.1. The maximum Gasteiger partial charge on any atom is 0.249 e. The predicted octanol–water partition coefficient (Wildman–Crippen LogP) is 1.44. The smallest absolute Gasteiger partial charge is 0.249 e. The first kappa shape index (κ1) is 22.4. The van der Waals surface area contributed by atoms with Crippen molar-refractivity contribution >= 4 is 23.2 Å². The van der Waals surface area contributed by atoms with Gasteiger partial charge in [0.05, 0.1) is 0 Å². The van der Waals surface area contributed by atoms with Gasteiger partial charge in [-0.2, -0.15) is 0 Å². The van der Waals surface area contributed by atoms with E-state index in [1.807, 2.05) is 24.3 Å². The van der Waals surface area contributed by atoms with Gasteiger partial charge in [-0.25, -0.2) is 0 Å². The maximum atomic E-state index is 12.7. The normalized spacial score (nSPS) is 18.7. The Morgan fingerprint density at radius 3 is 2.70 bits per heavy atom. The number of carbonyl (C=O) groups is 2. The lowest BCUT2D eigenvalue weighted by molar-refractivity contribution is -0.141. The van der Waals surface area contributed by atoms with Crippen molar-refractivity contribution in [3.63, 3.8) is 0 Å². The first-order valence-corrected chi connectivity index (χ1v) is 11.1. The highest BCUT2D eigenvalue weighted by molar-refractivity contribution is 7.09. The van der Waals surface area contributed by atoms with Crippen LogP contribution in [0, 0.1) is 0 Å². The summed E-state index contributed by atoms with van der Waals surface area (Å²) in [6.45, 7) is 2.77. The van der Waals surface area contributed by atoms with Crippen molar-refractivity contribution < 1.29 is 14.3 Å². The first-order chi connectivity index (χ1) is 14.6. The second-order valence-corrected chi connectivity index (χ2v) is 8.47. The highest BCUT2D eigenvalue weighted by Crippen LogP contribution is 2.27. The average molecular weight is 431 g/mol. The predicted molar refractivity (Wildman–Crippen MR) is 118 cm³/mol. The second kappa shape index (κ2) is 11.2. The van der Waals surface area contributed by atoms with Crippen LogP contribution in [-0.2, 0) is 27.4 Å². The third-order valence-corrected chi connectivity index (χ3v) is 6.16. The van der Waals surface area contributed by atoms with Crippen LogP contribution < -0.4 is 11.1 Å². The monoisotopic (exact) mass is 430 g/mol. The Hall–Kier alpha value is -2.26. The van der Waals surface area contributed by atoms with Crippen molar-refractivity contribution in [1.29, 1.82) is 0 Å². The minimum Gasteiger partial charge on any atom is -0.375 e. The van der Waals surface area contributed by atoms with Gasteiger partial charge in [0.25, 0.3) is 0 Å². The molecule has 0 bridgehead atoms. The van der Waals surface area contributed by atoms with Gasteiger partial charge in [0, 0.05) is 50.8 Å². The molecule has 8 heteroatoms. The summed E-state index contributed by atoms with van der Waals surface area (Å²) in [5.41, 5.74) is 6.74. The van der Waals surface area contributed by atoms with Gasteiger partial charge in [-0.3, -0.25) is 14.5 Å². The van der Waals surface area contributed by atoms with Crippen molar-refractivity contribution in [2.75, 3.05) is 33.4 Å². The lowest BCUT2D eigenvalue weighted by Gasteiger charge is -2.28. The maximum absolute atomic E-state index is 12.7. The first-order valence-electron chi connectivity index (χ1n) is 10.2. The van der Waals surface area contributed by atoms with E-state index in [1.54, 1.807) is 16.2 Å². The third kappa shape index (κ3) is 5.89. The van der Waals surface area contributed by atoms with E-state index in [2.05, 4.69) is 33.8 Å². The largest absolute Gasteiger partial charge is 0.375 e. The number of likely N-dealkylation sites (tertiary alicyclic amines) is 1. The summed E-state index contributed by atoms with van der Waals surface area (Å²) in [5.74, 6) is -0.313. The van der Waals surface area contributed by atoms with Crippen LogP contribution in [0.25, 0.3) is 0 Å². The molecule has 0 spiro atoms. The standard InChI is InChI=1S/C22H30N4O3S/c1-29-16-21(27)26-14-18(12-20(26)22(28)24-10-9-23)25(15-19-8-5-11-30-19)13-17-6-3-2-4-7-17/h2-8,11,18,20H,9-10,12-16,23H2,1H3,(H,24,28). The number of ether oxygens (including phenoxy) is 1. The van der Waals surface area contributed by atoms with Gasteiger partial charge in [0.15, 0.2) is 0 Å². The van der Waals surface area contributed by atoms with Crippen LogP contribution in [0.1, 0.15) is 16.9 Å². The van der Waals surface area contributed by atoms with Crippen LogP contribution in [0.4, 0.5) is 0 Å². The molecule has 3 N–H and O–H groups in total. The number of carbonyl (C=O) groups excluding carboxylic acids is 2. The van der Waals surface area contributed by atoms with Crippen molar-refractivity contribution in [2.24, 2.45) is 5.73 Å². The third-order valence-electron chi connectivity index (χ3n) is 5.30. The topological polar surface area (TPSA) is 87.9 Å². The summed E-state index contributed by atoms with van der Waals surface area (Å²) < 4.78 is 5.05. The summed E-state index contributed by atoms with van der Waals surface area (Å²) in [7, 11) is 1.49. The molecule has 1 aliphatic rings. The van der Waals surface area contributed by atoms with Crippen molar-refractivity contribution in [3.8, 4) is 0 Å². The molecule has 1 saturated heterocycles. The van der Waals surface area contributed by atoms with E-state index in [0.29, 0.717) is 26.1 Å². The number of hydrogen-bond acceptors (Lipinski definition) is 6. The molecule has 2 heterocycles. The molecule has 2 amide bonds.